The van der Waals surface area contributed by atoms with Gasteiger partial charge in [0.25, 0.3) is 5.56 Å². The van der Waals surface area contributed by atoms with Gasteiger partial charge in [-0.05, 0) is 43.9 Å². The predicted molar refractivity (Wildman–Crippen MR) is 163 cm³/mol. The zero-order chi connectivity index (χ0) is 28.1. The second-order valence-corrected chi connectivity index (χ2v) is 12.2. The number of nitrogens with one attached hydrogen (secondary N) is 2. The van der Waals surface area contributed by atoms with Crippen LogP contribution in [0.4, 0.5) is 5.69 Å². The highest BCUT2D eigenvalue weighted by atomic mass is 32.2. The zero-order valence-electron chi connectivity index (χ0n) is 22.8. The number of anilines is 1. The Balaban J connectivity index is 1.40. The second-order valence-electron chi connectivity index (χ2n) is 10.0. The minimum Gasteiger partial charge on any atom is -0.497 e. The first-order chi connectivity index (χ1) is 19.5. The fourth-order valence-corrected chi connectivity index (χ4v) is 7.20. The number of thioether (sulfide) groups is 1. The molecule has 2 aromatic heterocycles. The van der Waals surface area contributed by atoms with Crippen LogP contribution < -0.4 is 20.9 Å². The van der Waals surface area contributed by atoms with Crippen LogP contribution in [0.25, 0.3) is 20.3 Å². The molecular weight excluding hydrogens is 544 g/mol. The standard InChI is InChI=1S/C30H34N4O4S2/c1-3-23(28(36)32-20-12-8-13-21(18-20)38-2)40-30-33-26-22-14-6-7-15-24(22)39-27(26)29(37)34(30)17-9-16-25(35)31-19-10-4-5-11-19/h6-8,12-15,18-19,23H,3-5,9-11,16-17H2,1-2H3,(H,31,35)(H,32,36)/t23-/m0/s1. The van der Waals surface area contributed by atoms with E-state index < -0.39 is 5.25 Å². The van der Waals surface area contributed by atoms with Gasteiger partial charge >= 0.3 is 0 Å². The molecular formula is C30H34N4O4S2. The maximum atomic E-state index is 13.8. The Bertz CT molecular complexity index is 1580. The molecule has 8 nitrogen and oxygen atoms in total. The summed E-state index contributed by atoms with van der Waals surface area (Å²) in [5.74, 6) is 0.502. The molecule has 2 aromatic carbocycles. The Morgan fingerprint density at radius 2 is 1.98 bits per heavy atom. The molecule has 210 valence electrons. The minimum atomic E-state index is -0.475. The highest BCUT2D eigenvalue weighted by molar-refractivity contribution is 8.00. The number of benzene rings is 2. The number of aromatic nitrogens is 2. The lowest BCUT2D eigenvalue weighted by atomic mass is 10.2. The van der Waals surface area contributed by atoms with Crippen molar-refractivity contribution in [2.24, 2.45) is 0 Å². The Labute approximate surface area is 241 Å². The molecule has 2 N–H and O–H groups in total. The SMILES string of the molecule is CC[C@H](Sc1nc2c(sc3ccccc32)c(=O)n1CCCC(=O)NC1CCCC1)C(=O)Nc1cccc(OC)c1. The number of thiophene rings is 1. The monoisotopic (exact) mass is 578 g/mol. The average Bonchev–Trinajstić information content (AvgIpc) is 3.61. The fraction of sp³-hybridized carbons (Fsp3) is 0.400. The number of ether oxygens (including phenoxy) is 1. The summed E-state index contributed by atoms with van der Waals surface area (Å²) in [4.78, 5) is 44.6. The normalized spacial score (nSPS) is 14.4. The van der Waals surface area contributed by atoms with Gasteiger partial charge in [-0.1, -0.05) is 55.8 Å². The smallest absolute Gasteiger partial charge is 0.272 e. The number of nitrogens with zero attached hydrogens (tertiary/aromatic N) is 2. The van der Waals surface area contributed by atoms with Gasteiger partial charge < -0.3 is 15.4 Å². The Hall–Kier alpha value is -3.37. The van der Waals surface area contributed by atoms with E-state index in [2.05, 4.69) is 10.6 Å². The van der Waals surface area contributed by atoms with Crippen LogP contribution in [-0.4, -0.2) is 39.8 Å². The van der Waals surface area contributed by atoms with Gasteiger partial charge in [0.1, 0.15) is 10.4 Å². The molecule has 0 radical (unpaired) electrons. The highest BCUT2D eigenvalue weighted by Gasteiger charge is 2.24. The Morgan fingerprint density at radius 1 is 1.18 bits per heavy atom. The summed E-state index contributed by atoms with van der Waals surface area (Å²) in [6.07, 6.45) is 5.78. The third-order valence-electron chi connectivity index (χ3n) is 7.20. The van der Waals surface area contributed by atoms with Crippen molar-refractivity contribution in [3.63, 3.8) is 0 Å². The molecule has 10 heteroatoms. The third-order valence-corrected chi connectivity index (χ3v) is 9.70. The molecule has 40 heavy (non-hydrogen) atoms. The van der Waals surface area contributed by atoms with Gasteiger partial charge in [0.15, 0.2) is 5.16 Å². The number of carbonyl (C=O) groups is 2. The van der Waals surface area contributed by atoms with Crippen LogP contribution in [0.15, 0.2) is 58.5 Å². The van der Waals surface area contributed by atoms with Gasteiger partial charge in [-0.25, -0.2) is 4.98 Å². The molecule has 0 spiro atoms. The summed E-state index contributed by atoms with van der Waals surface area (Å²) in [5, 5.41) is 7.04. The lowest BCUT2D eigenvalue weighted by molar-refractivity contribution is -0.122. The molecule has 0 unspecified atom stereocenters. The molecule has 0 bridgehead atoms. The first-order valence-corrected chi connectivity index (χ1v) is 15.5. The summed E-state index contributed by atoms with van der Waals surface area (Å²) in [7, 11) is 1.58. The number of methoxy groups -OCH3 is 1. The van der Waals surface area contributed by atoms with Crippen LogP contribution in [0.5, 0.6) is 5.75 Å². The van der Waals surface area contributed by atoms with Crippen molar-refractivity contribution < 1.29 is 14.3 Å². The van der Waals surface area contributed by atoms with Crippen molar-refractivity contribution in [1.29, 1.82) is 0 Å². The first-order valence-electron chi connectivity index (χ1n) is 13.8. The molecule has 1 aliphatic rings. The van der Waals surface area contributed by atoms with Crippen molar-refractivity contribution in [3.05, 3.63) is 58.9 Å². The number of hydrogen-bond donors (Lipinski definition) is 2. The number of carbonyl (C=O) groups excluding carboxylic acids is 2. The maximum absolute atomic E-state index is 13.8. The largest absolute Gasteiger partial charge is 0.497 e. The summed E-state index contributed by atoms with van der Waals surface area (Å²) < 4.78 is 8.51. The van der Waals surface area contributed by atoms with Crippen LogP contribution in [0.1, 0.15) is 51.9 Å². The third kappa shape index (κ3) is 6.33. The fourth-order valence-electron chi connectivity index (χ4n) is 5.08. The number of hydrogen-bond acceptors (Lipinski definition) is 7. The second kappa shape index (κ2) is 12.9. The van der Waals surface area contributed by atoms with E-state index in [1.54, 1.807) is 17.7 Å². The van der Waals surface area contributed by atoms with Crippen molar-refractivity contribution >= 4 is 60.9 Å². The van der Waals surface area contributed by atoms with E-state index in [4.69, 9.17) is 9.72 Å². The van der Waals surface area contributed by atoms with E-state index in [0.717, 1.165) is 35.8 Å². The Morgan fingerprint density at radius 3 is 2.75 bits per heavy atom. The highest BCUT2D eigenvalue weighted by Crippen LogP contribution is 2.33. The first kappa shape index (κ1) is 28.2. The van der Waals surface area contributed by atoms with Crippen molar-refractivity contribution in [2.45, 2.75) is 74.9 Å². The van der Waals surface area contributed by atoms with Gasteiger partial charge in [-0.15, -0.1) is 11.3 Å². The van der Waals surface area contributed by atoms with E-state index in [1.807, 2.05) is 49.4 Å². The molecule has 2 heterocycles. The van der Waals surface area contributed by atoms with E-state index >= 15 is 0 Å². The minimum absolute atomic E-state index is 0.0224. The van der Waals surface area contributed by atoms with Gasteiger partial charge in [0, 0.05) is 40.8 Å². The molecule has 1 atom stereocenters. The van der Waals surface area contributed by atoms with Gasteiger partial charge in [-0.2, -0.15) is 0 Å². The van der Waals surface area contributed by atoms with E-state index in [-0.39, 0.29) is 23.4 Å². The van der Waals surface area contributed by atoms with Gasteiger partial charge in [0.05, 0.1) is 17.9 Å². The van der Waals surface area contributed by atoms with Crippen molar-refractivity contribution in [2.75, 3.05) is 12.4 Å². The predicted octanol–water partition coefficient (Wildman–Crippen LogP) is 5.97. The van der Waals surface area contributed by atoms with Crippen LogP contribution in [0.2, 0.25) is 0 Å². The number of fused-ring (bicyclic) bond motifs is 3. The summed E-state index contributed by atoms with van der Waals surface area (Å²) >= 11 is 2.72. The summed E-state index contributed by atoms with van der Waals surface area (Å²) in [6.45, 7) is 2.29. The van der Waals surface area contributed by atoms with E-state index in [1.165, 1.54) is 23.1 Å². The quantitative estimate of drug-likeness (QED) is 0.168. The van der Waals surface area contributed by atoms with Gasteiger partial charge in [0.2, 0.25) is 11.8 Å². The average molecular weight is 579 g/mol. The molecule has 1 saturated carbocycles. The molecule has 5 rings (SSSR count). The molecule has 0 aliphatic heterocycles. The molecule has 4 aromatic rings. The van der Waals surface area contributed by atoms with Crippen molar-refractivity contribution in [1.82, 2.24) is 14.9 Å². The molecule has 0 saturated heterocycles. The molecule has 1 aliphatic carbocycles. The summed E-state index contributed by atoms with van der Waals surface area (Å²) in [6, 6.07) is 15.3. The summed E-state index contributed by atoms with van der Waals surface area (Å²) in [5.41, 5.74) is 1.17. The van der Waals surface area contributed by atoms with Crippen LogP contribution in [0, 0.1) is 0 Å². The number of rotatable bonds is 11. The maximum Gasteiger partial charge on any atom is 0.272 e. The lowest BCUT2D eigenvalue weighted by Crippen LogP contribution is -2.33. The van der Waals surface area contributed by atoms with Crippen LogP contribution in [-0.2, 0) is 16.1 Å². The van der Waals surface area contributed by atoms with E-state index in [0.29, 0.717) is 52.6 Å². The topological polar surface area (TPSA) is 102 Å². The lowest BCUT2D eigenvalue weighted by Gasteiger charge is -2.18. The van der Waals surface area contributed by atoms with Crippen LogP contribution >= 0.6 is 23.1 Å². The Kier molecular flexibility index (Phi) is 9.06. The van der Waals surface area contributed by atoms with Crippen molar-refractivity contribution in [3.8, 4) is 5.75 Å². The van der Waals surface area contributed by atoms with Gasteiger partial charge in [-0.3, -0.25) is 19.0 Å². The zero-order valence-corrected chi connectivity index (χ0v) is 24.4. The molecule has 2 amide bonds. The van der Waals surface area contributed by atoms with Crippen LogP contribution in [0.3, 0.4) is 0 Å². The number of amides is 2. The molecule has 1 fully saturated rings. The van der Waals surface area contributed by atoms with E-state index in [9.17, 15) is 14.4 Å².